The van der Waals surface area contributed by atoms with Crippen molar-refractivity contribution in [2.75, 3.05) is 6.61 Å². The Kier molecular flexibility index (Phi) is 7.64. The zero-order valence-corrected chi connectivity index (χ0v) is 11.9. The summed E-state index contributed by atoms with van der Waals surface area (Å²) in [4.78, 5) is 11.6. The van der Waals surface area contributed by atoms with Crippen LogP contribution in [0.25, 0.3) is 0 Å². The van der Waals surface area contributed by atoms with E-state index in [0.717, 1.165) is 31.4 Å². The second kappa shape index (κ2) is 9.37. The number of Topliss-reactive ketones (excluding diaryl/α,β-unsaturated/α-hetero) is 1. The standard InChI is InChI=1S/C17H24O2/c1-3-4-5-6-7-10-16(18)12-13-19-17-11-8-9-15(2)14-17/h3,8-9,11,14H,1,4-7,10,12-13H2,2H3. The van der Waals surface area contributed by atoms with Crippen molar-refractivity contribution in [3.63, 3.8) is 0 Å². The van der Waals surface area contributed by atoms with Crippen LogP contribution in [0.5, 0.6) is 5.75 Å². The Morgan fingerprint density at radius 1 is 1.26 bits per heavy atom. The van der Waals surface area contributed by atoms with Crippen LogP contribution in [0, 0.1) is 6.92 Å². The number of carbonyl (C=O) groups excluding carboxylic acids is 1. The molecule has 0 aliphatic heterocycles. The molecule has 0 aromatic heterocycles. The molecule has 0 fully saturated rings. The van der Waals surface area contributed by atoms with Gasteiger partial charge in [-0.15, -0.1) is 6.58 Å². The summed E-state index contributed by atoms with van der Waals surface area (Å²) in [5.41, 5.74) is 1.17. The molecule has 0 aliphatic carbocycles. The lowest BCUT2D eigenvalue weighted by molar-refractivity contribution is -0.119. The van der Waals surface area contributed by atoms with E-state index in [1.807, 2.05) is 37.3 Å². The number of carbonyl (C=O) groups is 1. The fraction of sp³-hybridized carbons (Fsp3) is 0.471. The Labute approximate surface area is 116 Å². The highest BCUT2D eigenvalue weighted by Gasteiger charge is 2.02. The van der Waals surface area contributed by atoms with Crippen LogP contribution in [0.4, 0.5) is 0 Å². The Morgan fingerprint density at radius 2 is 2.11 bits per heavy atom. The number of hydrogen-bond acceptors (Lipinski definition) is 2. The number of benzene rings is 1. The molecule has 2 nitrogen and oxygen atoms in total. The smallest absolute Gasteiger partial charge is 0.136 e. The first-order valence-electron chi connectivity index (χ1n) is 7.04. The third-order valence-corrected chi connectivity index (χ3v) is 3.00. The van der Waals surface area contributed by atoms with E-state index in [9.17, 15) is 4.79 Å². The van der Waals surface area contributed by atoms with Gasteiger partial charge in [-0.2, -0.15) is 0 Å². The molecule has 1 rings (SSSR count). The first-order valence-corrected chi connectivity index (χ1v) is 7.04. The van der Waals surface area contributed by atoms with Gasteiger partial charge in [0.2, 0.25) is 0 Å². The number of allylic oxidation sites excluding steroid dienone is 1. The maximum absolute atomic E-state index is 11.6. The monoisotopic (exact) mass is 260 g/mol. The highest BCUT2D eigenvalue weighted by Crippen LogP contribution is 2.13. The van der Waals surface area contributed by atoms with Gasteiger partial charge in [-0.25, -0.2) is 0 Å². The van der Waals surface area contributed by atoms with E-state index < -0.39 is 0 Å². The second-order valence-corrected chi connectivity index (χ2v) is 4.84. The van der Waals surface area contributed by atoms with E-state index in [1.165, 1.54) is 5.56 Å². The van der Waals surface area contributed by atoms with Gasteiger partial charge in [0.15, 0.2) is 0 Å². The van der Waals surface area contributed by atoms with Crippen LogP contribution < -0.4 is 4.74 Å². The lowest BCUT2D eigenvalue weighted by Gasteiger charge is -2.06. The van der Waals surface area contributed by atoms with Crippen LogP contribution in [0.3, 0.4) is 0 Å². The number of ketones is 1. The summed E-state index contributed by atoms with van der Waals surface area (Å²) in [6.07, 6.45) is 7.38. The summed E-state index contributed by atoms with van der Waals surface area (Å²) in [7, 11) is 0. The first kappa shape index (κ1) is 15.5. The minimum atomic E-state index is 0.297. The lowest BCUT2D eigenvalue weighted by Crippen LogP contribution is -2.06. The molecule has 0 spiro atoms. The van der Waals surface area contributed by atoms with Gasteiger partial charge in [0.05, 0.1) is 6.61 Å². The Hall–Kier alpha value is -1.57. The van der Waals surface area contributed by atoms with Crippen LogP contribution >= 0.6 is 0 Å². The number of rotatable bonds is 10. The number of ether oxygens (including phenoxy) is 1. The first-order chi connectivity index (χ1) is 9.22. The van der Waals surface area contributed by atoms with Gasteiger partial charge in [0.25, 0.3) is 0 Å². The fourth-order valence-electron chi connectivity index (χ4n) is 1.90. The van der Waals surface area contributed by atoms with Gasteiger partial charge in [0, 0.05) is 12.8 Å². The summed E-state index contributed by atoms with van der Waals surface area (Å²) in [6.45, 7) is 6.20. The molecule has 0 aliphatic rings. The average molecular weight is 260 g/mol. The third-order valence-electron chi connectivity index (χ3n) is 3.00. The molecule has 0 amide bonds. The third kappa shape index (κ3) is 7.45. The van der Waals surface area contributed by atoms with Gasteiger partial charge >= 0.3 is 0 Å². The maximum Gasteiger partial charge on any atom is 0.136 e. The summed E-state index contributed by atoms with van der Waals surface area (Å²) in [5, 5.41) is 0. The van der Waals surface area contributed by atoms with E-state index in [0.29, 0.717) is 25.2 Å². The SMILES string of the molecule is C=CCCCCCC(=O)CCOc1cccc(C)c1. The summed E-state index contributed by atoms with van der Waals surface area (Å²) < 4.78 is 5.57. The van der Waals surface area contributed by atoms with Crippen molar-refractivity contribution in [1.82, 2.24) is 0 Å². The van der Waals surface area contributed by atoms with E-state index >= 15 is 0 Å². The van der Waals surface area contributed by atoms with Crippen LogP contribution in [0.2, 0.25) is 0 Å². The summed E-state index contributed by atoms with van der Waals surface area (Å²) in [5.74, 6) is 1.14. The number of unbranched alkanes of at least 4 members (excludes halogenated alkanes) is 3. The molecule has 0 atom stereocenters. The quantitative estimate of drug-likeness (QED) is 0.458. The molecule has 0 heterocycles. The molecule has 0 N–H and O–H groups in total. The number of hydrogen-bond donors (Lipinski definition) is 0. The van der Waals surface area contributed by atoms with E-state index in [2.05, 4.69) is 6.58 Å². The van der Waals surface area contributed by atoms with Gasteiger partial charge < -0.3 is 4.74 Å². The largest absolute Gasteiger partial charge is 0.493 e. The molecule has 0 radical (unpaired) electrons. The Morgan fingerprint density at radius 3 is 2.84 bits per heavy atom. The maximum atomic E-state index is 11.6. The highest BCUT2D eigenvalue weighted by atomic mass is 16.5. The molecule has 0 saturated carbocycles. The summed E-state index contributed by atoms with van der Waals surface area (Å²) >= 11 is 0. The fourth-order valence-corrected chi connectivity index (χ4v) is 1.90. The highest BCUT2D eigenvalue weighted by molar-refractivity contribution is 5.78. The average Bonchev–Trinajstić information content (AvgIpc) is 2.38. The van der Waals surface area contributed by atoms with Crippen molar-refractivity contribution in [3.05, 3.63) is 42.5 Å². The molecular weight excluding hydrogens is 236 g/mol. The van der Waals surface area contributed by atoms with Crippen molar-refractivity contribution in [3.8, 4) is 5.75 Å². The van der Waals surface area contributed by atoms with Crippen molar-refractivity contribution in [2.45, 2.75) is 45.4 Å². The number of aryl methyl sites for hydroxylation is 1. The molecule has 1 aromatic rings. The Bertz CT molecular complexity index is 396. The van der Waals surface area contributed by atoms with Gasteiger partial charge in [-0.05, 0) is 43.9 Å². The van der Waals surface area contributed by atoms with Crippen molar-refractivity contribution < 1.29 is 9.53 Å². The van der Waals surface area contributed by atoms with Crippen molar-refractivity contribution in [2.24, 2.45) is 0 Å². The van der Waals surface area contributed by atoms with E-state index in [1.54, 1.807) is 0 Å². The lowest BCUT2D eigenvalue weighted by atomic mass is 10.1. The van der Waals surface area contributed by atoms with Gasteiger partial charge in [-0.3, -0.25) is 4.79 Å². The topological polar surface area (TPSA) is 26.3 Å². The molecule has 0 saturated heterocycles. The molecule has 104 valence electrons. The second-order valence-electron chi connectivity index (χ2n) is 4.84. The minimum absolute atomic E-state index is 0.297. The molecule has 19 heavy (non-hydrogen) atoms. The molecule has 0 unspecified atom stereocenters. The molecule has 1 aromatic carbocycles. The normalized spacial score (nSPS) is 10.2. The van der Waals surface area contributed by atoms with Crippen LogP contribution in [0.1, 0.15) is 44.1 Å². The minimum Gasteiger partial charge on any atom is -0.493 e. The summed E-state index contributed by atoms with van der Waals surface area (Å²) in [6, 6.07) is 7.90. The zero-order valence-electron chi connectivity index (χ0n) is 11.9. The van der Waals surface area contributed by atoms with E-state index in [4.69, 9.17) is 4.74 Å². The molecule has 0 bridgehead atoms. The predicted octanol–water partition coefficient (Wildman–Crippen LogP) is 4.47. The van der Waals surface area contributed by atoms with Crippen LogP contribution in [-0.2, 0) is 4.79 Å². The van der Waals surface area contributed by atoms with Gasteiger partial charge in [-0.1, -0.05) is 24.6 Å². The molecule has 2 heteroatoms. The predicted molar refractivity (Wildman–Crippen MR) is 79.6 cm³/mol. The van der Waals surface area contributed by atoms with E-state index in [-0.39, 0.29) is 0 Å². The molecular formula is C17H24O2. The Balaban J connectivity index is 2.08. The van der Waals surface area contributed by atoms with Crippen LogP contribution in [0.15, 0.2) is 36.9 Å². The van der Waals surface area contributed by atoms with Crippen molar-refractivity contribution in [1.29, 1.82) is 0 Å². The zero-order chi connectivity index (χ0) is 13.9. The van der Waals surface area contributed by atoms with Crippen LogP contribution in [-0.4, -0.2) is 12.4 Å². The van der Waals surface area contributed by atoms with Gasteiger partial charge in [0.1, 0.15) is 11.5 Å². The van der Waals surface area contributed by atoms with Crippen molar-refractivity contribution >= 4 is 5.78 Å².